The van der Waals surface area contributed by atoms with Gasteiger partial charge in [0.25, 0.3) is 0 Å². The molecule has 1 rings (SSSR count). The fraction of sp³-hybridized carbons (Fsp3) is 0. The lowest BCUT2D eigenvalue weighted by Gasteiger charge is -1.91. The molecule has 0 aromatic heterocycles. The van der Waals surface area contributed by atoms with Crippen molar-refractivity contribution < 1.29 is 0 Å². The highest BCUT2D eigenvalue weighted by molar-refractivity contribution is 9.10. The van der Waals surface area contributed by atoms with Crippen molar-refractivity contribution in [3.8, 4) is 0 Å². The van der Waals surface area contributed by atoms with Gasteiger partial charge in [0.15, 0.2) is 0 Å². The lowest BCUT2D eigenvalue weighted by atomic mass is 10.4. The Morgan fingerprint density at radius 2 is 1.78 bits per heavy atom. The molecular formula is C6H6BBrP. The number of benzene rings is 1. The van der Waals surface area contributed by atoms with Crippen LogP contribution in [0.2, 0.25) is 0 Å². The second kappa shape index (κ2) is 4.08. The van der Waals surface area contributed by atoms with Gasteiger partial charge in [0, 0.05) is 12.9 Å². The van der Waals surface area contributed by atoms with Gasteiger partial charge in [-0.1, -0.05) is 34.1 Å². The smallest absolute Gasteiger partial charge is 0.0246 e. The highest BCUT2D eigenvalue weighted by Crippen LogP contribution is 2.07. The molecule has 45 valence electrons. The Balaban J connectivity index is 0.000000640. The van der Waals surface area contributed by atoms with Crippen molar-refractivity contribution in [3.63, 3.8) is 0 Å². The minimum absolute atomic E-state index is 0. The Hall–Kier alpha value is 0.195. The fourth-order valence-corrected chi connectivity index (χ4v) is 0.967. The Bertz CT molecular complexity index is 169. The summed E-state index contributed by atoms with van der Waals surface area (Å²) in [4.78, 5) is 0. The molecule has 9 heavy (non-hydrogen) atoms. The van der Waals surface area contributed by atoms with Gasteiger partial charge in [-0.2, -0.15) is 0 Å². The van der Waals surface area contributed by atoms with Crippen LogP contribution < -0.4 is 5.30 Å². The van der Waals surface area contributed by atoms with E-state index in [2.05, 4.69) is 25.2 Å². The third-order valence-electron chi connectivity index (χ3n) is 0.905. The molecule has 0 bridgehead atoms. The van der Waals surface area contributed by atoms with Crippen molar-refractivity contribution in [2.45, 2.75) is 0 Å². The van der Waals surface area contributed by atoms with Gasteiger partial charge in [0.2, 0.25) is 0 Å². The van der Waals surface area contributed by atoms with E-state index in [1.54, 1.807) is 0 Å². The van der Waals surface area contributed by atoms with Gasteiger partial charge < -0.3 is 0 Å². The molecule has 0 N–H and O–H groups in total. The van der Waals surface area contributed by atoms with E-state index in [0.717, 1.165) is 4.47 Å². The van der Waals surface area contributed by atoms with E-state index in [9.17, 15) is 0 Å². The lowest BCUT2D eigenvalue weighted by Crippen LogP contribution is -1.88. The molecule has 0 heterocycles. The van der Waals surface area contributed by atoms with Gasteiger partial charge in [-0.05, 0) is 11.4 Å². The van der Waals surface area contributed by atoms with Gasteiger partial charge in [-0.3, -0.25) is 0 Å². The molecule has 1 aromatic rings. The van der Waals surface area contributed by atoms with Gasteiger partial charge in [-0.25, -0.2) is 0 Å². The monoisotopic (exact) mass is 199 g/mol. The largest absolute Gasteiger partial charge is 0.104 e. The maximum absolute atomic E-state index is 3.37. The molecule has 0 saturated heterocycles. The van der Waals surface area contributed by atoms with Gasteiger partial charge in [-0.15, -0.1) is 9.24 Å². The van der Waals surface area contributed by atoms with Crippen LogP contribution in [-0.2, 0) is 0 Å². The lowest BCUT2D eigenvalue weighted by molar-refractivity contribution is 1.72. The zero-order valence-electron chi connectivity index (χ0n) is 4.84. The second-order valence-corrected chi connectivity index (χ2v) is 3.00. The molecule has 1 atom stereocenters. The van der Waals surface area contributed by atoms with Crippen LogP contribution >= 0.6 is 25.2 Å². The molecule has 1 aromatic carbocycles. The Morgan fingerprint density at radius 1 is 1.22 bits per heavy atom. The number of halogens is 1. The van der Waals surface area contributed by atoms with Crippen molar-refractivity contribution in [2.75, 3.05) is 0 Å². The summed E-state index contributed by atoms with van der Waals surface area (Å²) in [5.41, 5.74) is 0. The summed E-state index contributed by atoms with van der Waals surface area (Å²) < 4.78 is 1.14. The SMILES string of the molecule is Pc1ccccc1Br.[B]. The van der Waals surface area contributed by atoms with E-state index in [1.165, 1.54) is 5.30 Å². The van der Waals surface area contributed by atoms with Crippen LogP contribution in [0.3, 0.4) is 0 Å². The molecule has 0 nitrogen and oxygen atoms in total. The van der Waals surface area contributed by atoms with Gasteiger partial charge in [0.1, 0.15) is 0 Å². The zero-order valence-corrected chi connectivity index (χ0v) is 7.58. The highest BCUT2D eigenvalue weighted by atomic mass is 79.9. The van der Waals surface area contributed by atoms with Crippen LogP contribution in [0.4, 0.5) is 0 Å². The van der Waals surface area contributed by atoms with E-state index in [0.29, 0.717) is 0 Å². The van der Waals surface area contributed by atoms with Crippen LogP contribution in [-0.4, -0.2) is 8.41 Å². The van der Waals surface area contributed by atoms with Gasteiger partial charge >= 0.3 is 0 Å². The van der Waals surface area contributed by atoms with Crippen LogP contribution in [0.5, 0.6) is 0 Å². The van der Waals surface area contributed by atoms with Crippen molar-refractivity contribution in [2.24, 2.45) is 0 Å². The maximum Gasteiger partial charge on any atom is 0.0246 e. The van der Waals surface area contributed by atoms with Crippen LogP contribution in [0.25, 0.3) is 0 Å². The number of hydrogen-bond donors (Lipinski definition) is 0. The number of rotatable bonds is 0. The average Bonchev–Trinajstić information content (AvgIpc) is 1.77. The van der Waals surface area contributed by atoms with E-state index in [-0.39, 0.29) is 8.41 Å². The van der Waals surface area contributed by atoms with Crippen molar-refractivity contribution >= 4 is 38.9 Å². The Labute approximate surface area is 68.0 Å². The Kier molecular flexibility index (Phi) is 4.17. The topological polar surface area (TPSA) is 0 Å². The molecular weight excluding hydrogens is 194 g/mol. The van der Waals surface area contributed by atoms with E-state index < -0.39 is 0 Å². The minimum atomic E-state index is 0. The average molecular weight is 200 g/mol. The summed E-state index contributed by atoms with van der Waals surface area (Å²) in [5, 5.41) is 1.20. The molecule has 0 aliphatic rings. The quantitative estimate of drug-likeness (QED) is 0.440. The summed E-state index contributed by atoms with van der Waals surface area (Å²) in [6.07, 6.45) is 0. The summed E-state index contributed by atoms with van der Waals surface area (Å²) >= 11 is 3.37. The van der Waals surface area contributed by atoms with E-state index >= 15 is 0 Å². The molecule has 0 fully saturated rings. The zero-order chi connectivity index (χ0) is 5.98. The maximum atomic E-state index is 3.37. The van der Waals surface area contributed by atoms with E-state index in [1.807, 2.05) is 24.3 Å². The molecule has 0 aliphatic heterocycles. The minimum Gasteiger partial charge on any atom is -0.104 e. The predicted octanol–water partition coefficient (Wildman–Crippen LogP) is 1.57. The normalized spacial score (nSPS) is 8.22. The Morgan fingerprint density at radius 3 is 2.11 bits per heavy atom. The molecule has 0 amide bonds. The first kappa shape index (κ1) is 9.19. The van der Waals surface area contributed by atoms with E-state index in [4.69, 9.17) is 0 Å². The molecule has 1 unspecified atom stereocenters. The molecule has 0 spiro atoms. The highest BCUT2D eigenvalue weighted by Gasteiger charge is 1.86. The van der Waals surface area contributed by atoms with Crippen molar-refractivity contribution in [1.29, 1.82) is 0 Å². The molecule has 0 saturated carbocycles. The summed E-state index contributed by atoms with van der Waals surface area (Å²) in [5.74, 6) is 0. The molecule has 0 aliphatic carbocycles. The first-order chi connectivity index (χ1) is 3.80. The van der Waals surface area contributed by atoms with Crippen molar-refractivity contribution in [1.82, 2.24) is 0 Å². The summed E-state index contributed by atoms with van der Waals surface area (Å²) in [6, 6.07) is 8.06. The van der Waals surface area contributed by atoms with Gasteiger partial charge in [0.05, 0.1) is 0 Å². The predicted molar refractivity (Wildman–Crippen MR) is 49.2 cm³/mol. The number of hydrogen-bond acceptors (Lipinski definition) is 0. The summed E-state index contributed by atoms with van der Waals surface area (Å²) in [7, 11) is 2.64. The fourth-order valence-electron chi connectivity index (χ4n) is 0.475. The van der Waals surface area contributed by atoms with Crippen LogP contribution in [0.15, 0.2) is 28.7 Å². The van der Waals surface area contributed by atoms with Crippen molar-refractivity contribution in [3.05, 3.63) is 28.7 Å². The third kappa shape index (κ3) is 2.51. The second-order valence-electron chi connectivity index (χ2n) is 1.52. The first-order valence-electron chi connectivity index (χ1n) is 2.31. The van der Waals surface area contributed by atoms with Crippen LogP contribution in [0, 0.1) is 0 Å². The first-order valence-corrected chi connectivity index (χ1v) is 3.68. The standard InChI is InChI=1S/C6H6BrP.B/c7-5-3-1-2-4-6(5)8;/h1-4H,8H2;. The molecule has 3 radical (unpaired) electrons. The third-order valence-corrected chi connectivity index (χ3v) is 2.55. The van der Waals surface area contributed by atoms with Crippen LogP contribution in [0.1, 0.15) is 0 Å². The summed E-state index contributed by atoms with van der Waals surface area (Å²) in [6.45, 7) is 0. The molecule has 3 heteroatoms.